The summed E-state index contributed by atoms with van der Waals surface area (Å²) in [7, 11) is 1.16. The van der Waals surface area contributed by atoms with Crippen molar-refractivity contribution < 1.29 is 32.2 Å². The molecule has 0 bridgehead atoms. The molecule has 0 saturated heterocycles. The Bertz CT molecular complexity index is 1500. The second-order valence-corrected chi connectivity index (χ2v) is 9.57. The van der Waals surface area contributed by atoms with Gasteiger partial charge in [-0.1, -0.05) is 23.9 Å². The fourth-order valence-electron chi connectivity index (χ4n) is 4.08. The fourth-order valence-corrected chi connectivity index (χ4v) is 4.83. The van der Waals surface area contributed by atoms with Crippen molar-refractivity contribution in [1.29, 1.82) is 0 Å². The summed E-state index contributed by atoms with van der Waals surface area (Å²) in [5.74, 6) is -1.72. The van der Waals surface area contributed by atoms with Gasteiger partial charge in [0.1, 0.15) is 17.1 Å². The summed E-state index contributed by atoms with van der Waals surface area (Å²) in [5, 5.41) is 9.40. The van der Waals surface area contributed by atoms with E-state index in [-0.39, 0.29) is 17.4 Å². The van der Waals surface area contributed by atoms with Crippen molar-refractivity contribution in [3.05, 3.63) is 65.5 Å². The number of carboxylic acids is 1. The number of fused-ring (bicyclic) bond motifs is 1. The van der Waals surface area contributed by atoms with E-state index in [1.807, 2.05) is 10.8 Å². The molecule has 0 spiro atoms. The average molecular weight is 533 g/mol. The van der Waals surface area contributed by atoms with Crippen LogP contribution in [0.4, 0.5) is 17.6 Å². The number of alkyl halides is 3. The normalized spacial score (nSPS) is 13.8. The summed E-state index contributed by atoms with van der Waals surface area (Å²) in [4.78, 5) is 23.7. The molecule has 192 valence electrons. The summed E-state index contributed by atoms with van der Waals surface area (Å²) in [5.41, 5.74) is 2.06. The van der Waals surface area contributed by atoms with E-state index in [4.69, 9.17) is 9.84 Å². The minimum atomic E-state index is -4.65. The number of halogens is 4. The Hall–Kier alpha value is -3.67. The SMILES string of the molecule is COc1cc(-c2cn(C3CC3)c3cnc(SCc4ccc(F)c(CC(=O)O)c4)nc23)cnc1C(F)(F)F. The standard InChI is InChI=1S/C25H20F4N4O3S/c1-36-20-7-15(9-30-23(20)25(27,28)29)17-11-33(16-3-4-16)19-10-31-24(32-22(17)19)37-12-13-2-5-18(26)14(6-13)8-21(34)35/h2,5-7,9-11,16H,3-4,8,12H2,1H3,(H,34,35). The lowest BCUT2D eigenvalue weighted by atomic mass is 10.1. The van der Waals surface area contributed by atoms with Crippen LogP contribution in [0.5, 0.6) is 5.75 Å². The van der Waals surface area contributed by atoms with Gasteiger partial charge in [0.05, 0.1) is 25.2 Å². The lowest BCUT2D eigenvalue weighted by molar-refractivity contribution is -0.142. The molecule has 1 N–H and O–H groups in total. The number of nitrogens with zero attached hydrogens (tertiary/aromatic N) is 4. The van der Waals surface area contributed by atoms with Crippen LogP contribution in [0.15, 0.2) is 48.0 Å². The number of aromatic nitrogens is 4. The maximum absolute atomic E-state index is 13.9. The second-order valence-electron chi connectivity index (χ2n) is 8.63. The number of ether oxygens (including phenoxy) is 1. The van der Waals surface area contributed by atoms with Crippen LogP contribution in [-0.4, -0.2) is 37.7 Å². The Labute approximate surface area is 212 Å². The first kappa shape index (κ1) is 25.0. The summed E-state index contributed by atoms with van der Waals surface area (Å²) in [6.07, 6.45) is 1.59. The monoisotopic (exact) mass is 532 g/mol. The van der Waals surface area contributed by atoms with E-state index in [0.29, 0.717) is 33.1 Å². The van der Waals surface area contributed by atoms with E-state index in [9.17, 15) is 22.4 Å². The Balaban J connectivity index is 1.49. The topological polar surface area (TPSA) is 90.1 Å². The van der Waals surface area contributed by atoms with Crippen LogP contribution in [-0.2, 0) is 23.1 Å². The molecule has 0 aliphatic heterocycles. The van der Waals surface area contributed by atoms with Gasteiger partial charge in [-0.25, -0.2) is 19.3 Å². The molecule has 0 unspecified atom stereocenters. The minimum Gasteiger partial charge on any atom is -0.494 e. The van der Waals surface area contributed by atoms with Crippen LogP contribution in [0.25, 0.3) is 22.2 Å². The number of hydrogen-bond donors (Lipinski definition) is 1. The van der Waals surface area contributed by atoms with E-state index < -0.39 is 30.1 Å². The van der Waals surface area contributed by atoms with Gasteiger partial charge in [-0.15, -0.1) is 0 Å². The van der Waals surface area contributed by atoms with Crippen molar-refractivity contribution in [3.8, 4) is 16.9 Å². The van der Waals surface area contributed by atoms with Crippen LogP contribution in [0.2, 0.25) is 0 Å². The van der Waals surface area contributed by atoms with E-state index >= 15 is 0 Å². The smallest absolute Gasteiger partial charge is 0.437 e. The molecule has 4 aromatic rings. The van der Waals surface area contributed by atoms with Gasteiger partial charge in [0.25, 0.3) is 0 Å². The highest BCUT2D eigenvalue weighted by Crippen LogP contribution is 2.42. The number of methoxy groups -OCH3 is 1. The highest BCUT2D eigenvalue weighted by Gasteiger charge is 2.37. The highest BCUT2D eigenvalue weighted by atomic mass is 32.2. The van der Waals surface area contributed by atoms with Gasteiger partial charge in [0.2, 0.25) is 0 Å². The van der Waals surface area contributed by atoms with Crippen LogP contribution in [0, 0.1) is 5.82 Å². The van der Waals surface area contributed by atoms with E-state index in [1.165, 1.54) is 30.0 Å². The maximum Gasteiger partial charge on any atom is 0.437 e. The van der Waals surface area contributed by atoms with Gasteiger partial charge in [-0.3, -0.25) is 4.79 Å². The molecule has 7 nitrogen and oxygen atoms in total. The molecule has 12 heteroatoms. The number of benzene rings is 1. The number of thioether (sulfide) groups is 1. The first-order chi connectivity index (χ1) is 17.6. The van der Waals surface area contributed by atoms with Crippen LogP contribution in [0.1, 0.15) is 35.7 Å². The van der Waals surface area contributed by atoms with Crippen molar-refractivity contribution in [2.24, 2.45) is 0 Å². The summed E-state index contributed by atoms with van der Waals surface area (Å²) in [6, 6.07) is 5.89. The van der Waals surface area contributed by atoms with Crippen molar-refractivity contribution in [1.82, 2.24) is 19.5 Å². The Morgan fingerprint density at radius 2 is 2.00 bits per heavy atom. The third-order valence-corrected chi connectivity index (χ3v) is 6.89. The van der Waals surface area contributed by atoms with E-state index in [1.54, 1.807) is 12.3 Å². The third kappa shape index (κ3) is 5.24. The molecule has 1 saturated carbocycles. The van der Waals surface area contributed by atoms with Crippen molar-refractivity contribution >= 4 is 28.8 Å². The maximum atomic E-state index is 13.9. The molecule has 0 radical (unpaired) electrons. The largest absolute Gasteiger partial charge is 0.494 e. The van der Waals surface area contributed by atoms with Gasteiger partial charge < -0.3 is 14.4 Å². The second kappa shape index (κ2) is 9.66. The Kier molecular flexibility index (Phi) is 6.52. The van der Waals surface area contributed by atoms with Gasteiger partial charge in [-0.2, -0.15) is 13.2 Å². The summed E-state index contributed by atoms with van der Waals surface area (Å²) >= 11 is 1.28. The fraction of sp³-hybridized carbons (Fsp3) is 0.280. The number of pyridine rings is 1. The number of hydrogen-bond acceptors (Lipinski definition) is 6. The third-order valence-electron chi connectivity index (χ3n) is 5.96. The molecule has 3 heterocycles. The predicted octanol–water partition coefficient (Wildman–Crippen LogP) is 5.91. The molecule has 37 heavy (non-hydrogen) atoms. The number of rotatable bonds is 8. The molecule has 0 atom stereocenters. The number of carbonyl (C=O) groups is 1. The van der Waals surface area contributed by atoms with Crippen molar-refractivity contribution in [3.63, 3.8) is 0 Å². The first-order valence-corrected chi connectivity index (χ1v) is 12.2. The van der Waals surface area contributed by atoms with Crippen LogP contribution >= 0.6 is 11.8 Å². The first-order valence-electron chi connectivity index (χ1n) is 11.2. The molecule has 3 aromatic heterocycles. The zero-order valence-electron chi connectivity index (χ0n) is 19.4. The number of carboxylic acid groups (broad SMARTS) is 1. The number of aliphatic carboxylic acids is 1. The van der Waals surface area contributed by atoms with Gasteiger partial charge in [0.15, 0.2) is 10.9 Å². The molecular formula is C25H20F4N4O3S. The van der Waals surface area contributed by atoms with Crippen molar-refractivity contribution in [2.75, 3.05) is 7.11 Å². The van der Waals surface area contributed by atoms with Crippen molar-refractivity contribution in [2.45, 2.75) is 42.4 Å². The van der Waals surface area contributed by atoms with E-state index in [0.717, 1.165) is 31.7 Å². The molecule has 0 amide bonds. The molecule has 1 aromatic carbocycles. The zero-order valence-corrected chi connectivity index (χ0v) is 20.2. The lowest BCUT2D eigenvalue weighted by Gasteiger charge is -2.11. The lowest BCUT2D eigenvalue weighted by Crippen LogP contribution is -2.10. The molecule has 1 aliphatic carbocycles. The Morgan fingerprint density at radius 3 is 2.68 bits per heavy atom. The predicted molar refractivity (Wildman–Crippen MR) is 128 cm³/mol. The Morgan fingerprint density at radius 1 is 1.22 bits per heavy atom. The van der Waals surface area contributed by atoms with E-state index in [2.05, 4.69) is 15.0 Å². The molecule has 5 rings (SSSR count). The van der Waals surface area contributed by atoms with Gasteiger partial charge in [0, 0.05) is 35.3 Å². The summed E-state index contributed by atoms with van der Waals surface area (Å²) in [6.45, 7) is 0. The highest BCUT2D eigenvalue weighted by molar-refractivity contribution is 7.98. The van der Waals surface area contributed by atoms with Gasteiger partial charge in [-0.05, 0) is 36.1 Å². The minimum absolute atomic E-state index is 0.0921. The molecule has 1 aliphatic rings. The van der Waals surface area contributed by atoms with Crippen LogP contribution < -0.4 is 4.74 Å². The molecular weight excluding hydrogens is 512 g/mol. The zero-order chi connectivity index (χ0) is 26.3. The average Bonchev–Trinajstić information content (AvgIpc) is 3.63. The summed E-state index contributed by atoms with van der Waals surface area (Å²) < 4.78 is 60.8. The van der Waals surface area contributed by atoms with Crippen LogP contribution in [0.3, 0.4) is 0 Å². The molecule has 1 fully saturated rings. The quantitative estimate of drug-likeness (QED) is 0.171. The van der Waals surface area contributed by atoms with Gasteiger partial charge >= 0.3 is 12.1 Å².